The van der Waals surface area contributed by atoms with E-state index in [4.69, 9.17) is 9.47 Å². The third-order valence-corrected chi connectivity index (χ3v) is 5.46. The fraction of sp³-hybridized carbons (Fsp3) is 0.407. The van der Waals surface area contributed by atoms with Gasteiger partial charge in [0.05, 0.1) is 30.3 Å². The predicted octanol–water partition coefficient (Wildman–Crippen LogP) is 3.86. The zero-order valence-corrected chi connectivity index (χ0v) is 22.7. The van der Waals surface area contributed by atoms with Gasteiger partial charge in [-0.1, -0.05) is 20.8 Å². The molecule has 0 saturated heterocycles. The van der Waals surface area contributed by atoms with Gasteiger partial charge in [0.1, 0.15) is 11.5 Å². The van der Waals surface area contributed by atoms with Crippen molar-refractivity contribution in [3.63, 3.8) is 0 Å². The standard InChI is InChI=1S/C27H33N3O6.ClH/c1-7-35-24-12-19(18(13-28)10-20(24)25(32)29-6)14-30-15-22(31)17-8-9-23(36-16(2)26(33)34)21(11-17)27(3,4)5;/h8-12,16,30H,7,14-15H2,1-6H3,(H,29,32)(H,33,34);1H. The molecule has 9 nitrogen and oxygen atoms in total. The molecular formula is C27H34ClN3O6. The first-order valence-corrected chi connectivity index (χ1v) is 11.6. The largest absolute Gasteiger partial charge is 0.493 e. The molecule has 10 heteroatoms. The highest BCUT2D eigenvalue weighted by atomic mass is 35.5. The van der Waals surface area contributed by atoms with E-state index >= 15 is 0 Å². The van der Waals surface area contributed by atoms with Gasteiger partial charge in [-0.3, -0.25) is 9.59 Å². The highest BCUT2D eigenvalue weighted by molar-refractivity contribution is 5.98. The second kappa shape index (κ2) is 13.6. The van der Waals surface area contributed by atoms with Crippen LogP contribution in [0.5, 0.6) is 11.5 Å². The van der Waals surface area contributed by atoms with Gasteiger partial charge in [-0.2, -0.15) is 5.26 Å². The number of rotatable bonds is 11. The Bertz CT molecular complexity index is 1180. The molecule has 0 saturated carbocycles. The Morgan fingerprint density at radius 1 is 1.14 bits per heavy atom. The van der Waals surface area contributed by atoms with Gasteiger partial charge < -0.3 is 25.2 Å². The summed E-state index contributed by atoms with van der Waals surface area (Å²) >= 11 is 0. The predicted molar refractivity (Wildman–Crippen MR) is 142 cm³/mol. The third-order valence-electron chi connectivity index (χ3n) is 5.46. The van der Waals surface area contributed by atoms with Crippen LogP contribution >= 0.6 is 12.4 Å². The van der Waals surface area contributed by atoms with Crippen LogP contribution in [0.25, 0.3) is 0 Å². The lowest BCUT2D eigenvalue weighted by Gasteiger charge is -2.24. The molecule has 2 aromatic rings. The first-order chi connectivity index (χ1) is 16.9. The molecule has 0 fully saturated rings. The van der Waals surface area contributed by atoms with Crippen molar-refractivity contribution in [3.05, 3.63) is 58.1 Å². The Hall–Kier alpha value is -3.61. The number of aliphatic carboxylic acids is 1. The summed E-state index contributed by atoms with van der Waals surface area (Å²) < 4.78 is 11.2. The van der Waals surface area contributed by atoms with Crippen LogP contribution in [0.3, 0.4) is 0 Å². The number of nitrogens with zero attached hydrogens (tertiary/aromatic N) is 1. The topological polar surface area (TPSA) is 138 Å². The number of nitrogens with one attached hydrogen (secondary N) is 2. The monoisotopic (exact) mass is 531 g/mol. The van der Waals surface area contributed by atoms with Crippen molar-refractivity contribution in [3.8, 4) is 17.6 Å². The molecule has 0 aromatic heterocycles. The Morgan fingerprint density at radius 2 is 1.81 bits per heavy atom. The van der Waals surface area contributed by atoms with Gasteiger partial charge >= 0.3 is 5.97 Å². The number of ketones is 1. The van der Waals surface area contributed by atoms with E-state index in [1.54, 1.807) is 31.2 Å². The smallest absolute Gasteiger partial charge is 0.344 e. The van der Waals surface area contributed by atoms with Gasteiger partial charge in [0.25, 0.3) is 5.91 Å². The molecule has 2 rings (SSSR count). The second-order valence-electron chi connectivity index (χ2n) is 9.22. The summed E-state index contributed by atoms with van der Waals surface area (Å²) in [5, 5.41) is 24.3. The van der Waals surface area contributed by atoms with Gasteiger partial charge in [-0.05, 0) is 55.2 Å². The Kier molecular flexibility index (Phi) is 11.6. The van der Waals surface area contributed by atoms with Crippen LogP contribution < -0.4 is 20.1 Å². The number of carboxylic acids is 1. The normalized spacial score (nSPS) is 11.5. The van der Waals surface area contributed by atoms with E-state index in [9.17, 15) is 24.8 Å². The van der Waals surface area contributed by atoms with Gasteiger partial charge in [0.2, 0.25) is 0 Å². The Balaban J connectivity index is 0.00000684. The van der Waals surface area contributed by atoms with Crippen LogP contribution in [0.4, 0.5) is 0 Å². The Labute approximate surface area is 223 Å². The zero-order valence-electron chi connectivity index (χ0n) is 21.9. The van der Waals surface area contributed by atoms with Crippen molar-refractivity contribution in [1.29, 1.82) is 5.26 Å². The molecule has 37 heavy (non-hydrogen) atoms. The minimum absolute atomic E-state index is 0. The average molecular weight is 532 g/mol. The molecular weight excluding hydrogens is 498 g/mol. The van der Waals surface area contributed by atoms with E-state index < -0.39 is 12.1 Å². The summed E-state index contributed by atoms with van der Waals surface area (Å²) in [6.45, 7) is 9.67. The maximum atomic E-state index is 12.9. The van der Waals surface area contributed by atoms with Gasteiger partial charge in [-0.15, -0.1) is 12.4 Å². The van der Waals surface area contributed by atoms with Crippen LogP contribution in [0.2, 0.25) is 0 Å². The number of nitriles is 1. The maximum absolute atomic E-state index is 12.9. The van der Waals surface area contributed by atoms with Crippen molar-refractivity contribution in [2.24, 2.45) is 0 Å². The van der Waals surface area contributed by atoms with Crippen LogP contribution in [-0.4, -0.2) is 49.1 Å². The van der Waals surface area contributed by atoms with E-state index in [0.29, 0.717) is 34.8 Å². The van der Waals surface area contributed by atoms with E-state index in [2.05, 4.69) is 16.7 Å². The summed E-state index contributed by atoms with van der Waals surface area (Å²) in [6, 6.07) is 10.2. The molecule has 0 bridgehead atoms. The molecule has 0 radical (unpaired) electrons. The highest BCUT2D eigenvalue weighted by Gasteiger charge is 2.24. The van der Waals surface area contributed by atoms with Crippen LogP contribution in [-0.2, 0) is 16.8 Å². The molecule has 0 heterocycles. The van der Waals surface area contributed by atoms with Gasteiger partial charge in [0.15, 0.2) is 11.9 Å². The minimum Gasteiger partial charge on any atom is -0.493 e. The molecule has 0 spiro atoms. The van der Waals surface area contributed by atoms with Crippen LogP contribution in [0.15, 0.2) is 30.3 Å². The van der Waals surface area contributed by atoms with E-state index in [1.165, 1.54) is 20.0 Å². The maximum Gasteiger partial charge on any atom is 0.344 e. The first kappa shape index (κ1) is 31.4. The summed E-state index contributed by atoms with van der Waals surface area (Å²) in [5.74, 6) is -0.833. The molecule has 0 aliphatic rings. The molecule has 0 aliphatic heterocycles. The fourth-order valence-corrected chi connectivity index (χ4v) is 3.51. The summed E-state index contributed by atoms with van der Waals surface area (Å²) in [7, 11) is 1.50. The molecule has 200 valence electrons. The van der Waals surface area contributed by atoms with E-state index in [1.807, 2.05) is 20.8 Å². The number of Topliss-reactive ketones (excluding diaryl/α,β-unsaturated/α-hetero) is 1. The lowest BCUT2D eigenvalue weighted by Crippen LogP contribution is -2.26. The second-order valence-corrected chi connectivity index (χ2v) is 9.22. The van der Waals surface area contributed by atoms with Gasteiger partial charge in [0, 0.05) is 24.7 Å². The number of amides is 1. The number of benzene rings is 2. The minimum atomic E-state index is -1.08. The summed E-state index contributed by atoms with van der Waals surface area (Å²) in [5.41, 5.74) is 1.96. The zero-order chi connectivity index (χ0) is 27.0. The fourth-order valence-electron chi connectivity index (χ4n) is 3.51. The van der Waals surface area contributed by atoms with Crippen molar-refractivity contribution in [2.45, 2.75) is 52.7 Å². The van der Waals surface area contributed by atoms with E-state index in [-0.39, 0.29) is 48.2 Å². The van der Waals surface area contributed by atoms with Crippen molar-refractivity contribution >= 4 is 30.1 Å². The molecule has 3 N–H and O–H groups in total. The molecule has 1 amide bonds. The van der Waals surface area contributed by atoms with Crippen molar-refractivity contribution in [2.75, 3.05) is 20.2 Å². The summed E-state index contributed by atoms with van der Waals surface area (Å²) in [4.78, 5) is 36.3. The van der Waals surface area contributed by atoms with E-state index in [0.717, 1.165) is 5.56 Å². The molecule has 1 unspecified atom stereocenters. The SMILES string of the molecule is CCOc1cc(CNCC(=O)c2ccc(OC(C)C(=O)O)c(C(C)(C)C)c2)c(C#N)cc1C(=O)NC.Cl. The molecule has 0 aliphatic carbocycles. The number of ether oxygens (including phenoxy) is 2. The van der Waals surface area contributed by atoms with Crippen LogP contribution in [0.1, 0.15) is 72.0 Å². The lowest BCUT2D eigenvalue weighted by molar-refractivity contribution is -0.144. The average Bonchev–Trinajstić information content (AvgIpc) is 2.83. The number of carbonyl (C=O) groups is 3. The van der Waals surface area contributed by atoms with Crippen molar-refractivity contribution < 1.29 is 29.0 Å². The molecule has 1 atom stereocenters. The summed E-state index contributed by atoms with van der Waals surface area (Å²) in [6.07, 6.45) is -1.03. The number of carboxylic acid groups (broad SMARTS) is 1. The Morgan fingerprint density at radius 3 is 2.35 bits per heavy atom. The lowest BCUT2D eigenvalue weighted by atomic mass is 9.85. The number of hydrogen-bond donors (Lipinski definition) is 3. The number of carbonyl (C=O) groups excluding carboxylic acids is 2. The molecule has 2 aromatic carbocycles. The first-order valence-electron chi connectivity index (χ1n) is 11.6. The third kappa shape index (κ3) is 8.20. The highest BCUT2D eigenvalue weighted by Crippen LogP contribution is 2.33. The van der Waals surface area contributed by atoms with Gasteiger partial charge in [-0.25, -0.2) is 4.79 Å². The van der Waals surface area contributed by atoms with Crippen molar-refractivity contribution in [1.82, 2.24) is 10.6 Å². The van der Waals surface area contributed by atoms with Crippen LogP contribution in [0, 0.1) is 11.3 Å². The number of halogens is 1. The number of hydrogen-bond acceptors (Lipinski definition) is 7. The quantitative estimate of drug-likeness (QED) is 0.372.